The predicted molar refractivity (Wildman–Crippen MR) is 80.3 cm³/mol. The Bertz CT molecular complexity index is 501. The number of ether oxygens (including phenoxy) is 1. The molecule has 2 aliphatic rings. The van der Waals surface area contributed by atoms with Gasteiger partial charge in [-0.1, -0.05) is 13.8 Å². The van der Waals surface area contributed by atoms with Crippen LogP contribution in [-0.4, -0.2) is 56.3 Å². The van der Waals surface area contributed by atoms with Gasteiger partial charge in [-0.3, -0.25) is 4.79 Å². The molecule has 0 aliphatic carbocycles. The van der Waals surface area contributed by atoms with Crippen LogP contribution in [0.2, 0.25) is 0 Å². The molecule has 1 amide bonds. The smallest absolute Gasteiger partial charge is 0.241 e. The summed E-state index contributed by atoms with van der Waals surface area (Å²) in [4.78, 5) is 13.9. The number of amides is 1. The van der Waals surface area contributed by atoms with Crippen LogP contribution in [-0.2, 0) is 19.6 Å². The van der Waals surface area contributed by atoms with Gasteiger partial charge >= 0.3 is 0 Å². The molecule has 6 nitrogen and oxygen atoms in total. The van der Waals surface area contributed by atoms with Gasteiger partial charge in [0.05, 0.1) is 11.9 Å². The molecule has 0 aromatic carbocycles. The minimum atomic E-state index is -3.52. The van der Waals surface area contributed by atoms with Crippen LogP contribution in [0.5, 0.6) is 0 Å². The molecule has 0 spiro atoms. The van der Waals surface area contributed by atoms with E-state index in [1.54, 1.807) is 4.90 Å². The van der Waals surface area contributed by atoms with Crippen molar-refractivity contribution in [1.29, 1.82) is 0 Å². The van der Waals surface area contributed by atoms with Crippen molar-refractivity contribution in [2.24, 2.45) is 5.41 Å². The average molecular weight is 318 g/mol. The van der Waals surface area contributed by atoms with Crippen molar-refractivity contribution >= 4 is 15.9 Å². The van der Waals surface area contributed by atoms with Crippen LogP contribution >= 0.6 is 0 Å². The fourth-order valence-electron chi connectivity index (χ4n) is 2.91. The first-order valence-corrected chi connectivity index (χ1v) is 9.20. The second-order valence-corrected chi connectivity index (χ2v) is 8.76. The van der Waals surface area contributed by atoms with Crippen molar-refractivity contribution in [3.8, 4) is 0 Å². The summed E-state index contributed by atoms with van der Waals surface area (Å²) in [6.07, 6.45) is 1.08. The Morgan fingerprint density at radius 2 is 2.10 bits per heavy atom. The molecule has 2 fully saturated rings. The molecule has 0 aromatic heterocycles. The number of carbonyl (C=O) groups is 1. The maximum atomic E-state index is 12.3. The van der Waals surface area contributed by atoms with Crippen molar-refractivity contribution in [3.05, 3.63) is 0 Å². The SMILES string of the molecule is CC(C)N1CCC(NS(=O)(=O)CC2OCCC2(C)C)C1=O. The van der Waals surface area contributed by atoms with Gasteiger partial charge in [-0.15, -0.1) is 0 Å². The molecule has 122 valence electrons. The van der Waals surface area contributed by atoms with Gasteiger partial charge in [0.1, 0.15) is 6.04 Å². The Kier molecular flexibility index (Phi) is 4.66. The number of carbonyl (C=O) groups excluding carboxylic acids is 1. The zero-order valence-corrected chi connectivity index (χ0v) is 14.1. The van der Waals surface area contributed by atoms with Gasteiger partial charge < -0.3 is 9.64 Å². The molecular formula is C14H26N2O4S. The van der Waals surface area contributed by atoms with Gasteiger partial charge in [-0.25, -0.2) is 13.1 Å². The Labute approximate surface area is 127 Å². The van der Waals surface area contributed by atoms with Crippen molar-refractivity contribution in [2.45, 2.75) is 58.7 Å². The lowest BCUT2D eigenvalue weighted by atomic mass is 9.87. The number of likely N-dealkylation sites (tertiary alicyclic amines) is 1. The molecule has 0 bridgehead atoms. The number of sulfonamides is 1. The maximum Gasteiger partial charge on any atom is 0.241 e. The van der Waals surface area contributed by atoms with Crippen LogP contribution in [0.1, 0.15) is 40.5 Å². The molecule has 2 heterocycles. The highest BCUT2D eigenvalue weighted by atomic mass is 32.2. The molecular weight excluding hydrogens is 292 g/mol. The molecule has 7 heteroatoms. The van der Waals surface area contributed by atoms with Crippen molar-refractivity contribution in [3.63, 3.8) is 0 Å². The molecule has 2 unspecified atom stereocenters. The van der Waals surface area contributed by atoms with E-state index in [9.17, 15) is 13.2 Å². The number of hydrogen-bond acceptors (Lipinski definition) is 4. The maximum absolute atomic E-state index is 12.3. The molecule has 0 radical (unpaired) electrons. The minimum absolute atomic E-state index is 0.0779. The zero-order valence-electron chi connectivity index (χ0n) is 13.3. The summed E-state index contributed by atoms with van der Waals surface area (Å²) in [7, 11) is -3.52. The summed E-state index contributed by atoms with van der Waals surface area (Å²) in [6, 6.07) is -0.522. The summed E-state index contributed by atoms with van der Waals surface area (Å²) < 4.78 is 32.7. The first kappa shape index (κ1) is 16.7. The fourth-order valence-corrected chi connectivity index (χ4v) is 4.61. The summed E-state index contributed by atoms with van der Waals surface area (Å²) >= 11 is 0. The highest BCUT2D eigenvalue weighted by molar-refractivity contribution is 7.89. The lowest BCUT2D eigenvalue weighted by Gasteiger charge is -2.25. The quantitative estimate of drug-likeness (QED) is 0.811. The van der Waals surface area contributed by atoms with Crippen LogP contribution in [0, 0.1) is 5.41 Å². The minimum Gasteiger partial charge on any atom is -0.377 e. The molecule has 2 aliphatic heterocycles. The van der Waals surface area contributed by atoms with Gasteiger partial charge in [0.15, 0.2) is 0 Å². The highest BCUT2D eigenvalue weighted by Gasteiger charge is 2.41. The molecule has 2 saturated heterocycles. The van der Waals surface area contributed by atoms with E-state index < -0.39 is 16.1 Å². The van der Waals surface area contributed by atoms with Crippen LogP contribution < -0.4 is 4.72 Å². The van der Waals surface area contributed by atoms with Crippen LogP contribution in [0.3, 0.4) is 0 Å². The topological polar surface area (TPSA) is 75.7 Å². The van der Waals surface area contributed by atoms with Gasteiger partial charge in [0.25, 0.3) is 0 Å². The number of hydrogen-bond donors (Lipinski definition) is 1. The Morgan fingerprint density at radius 3 is 2.57 bits per heavy atom. The average Bonchev–Trinajstić information content (AvgIpc) is 2.83. The lowest BCUT2D eigenvalue weighted by molar-refractivity contribution is -0.130. The van der Waals surface area contributed by atoms with Gasteiger partial charge in [-0.05, 0) is 32.1 Å². The normalized spacial score (nSPS) is 29.6. The van der Waals surface area contributed by atoms with Crippen LogP contribution in [0.4, 0.5) is 0 Å². The number of rotatable bonds is 5. The molecule has 21 heavy (non-hydrogen) atoms. The van der Waals surface area contributed by atoms with Crippen molar-refractivity contribution < 1.29 is 17.9 Å². The molecule has 0 saturated carbocycles. The number of nitrogens with one attached hydrogen (secondary N) is 1. The largest absolute Gasteiger partial charge is 0.377 e. The van der Waals surface area contributed by atoms with Gasteiger partial charge in [-0.2, -0.15) is 0 Å². The Hall–Kier alpha value is -0.660. The van der Waals surface area contributed by atoms with E-state index in [4.69, 9.17) is 4.74 Å². The molecule has 2 atom stereocenters. The summed E-state index contributed by atoms with van der Waals surface area (Å²) in [5, 5.41) is 0. The summed E-state index contributed by atoms with van der Waals surface area (Å²) in [5.41, 5.74) is -0.140. The first-order chi connectivity index (χ1) is 9.62. The Morgan fingerprint density at radius 1 is 1.43 bits per heavy atom. The van der Waals surface area contributed by atoms with E-state index >= 15 is 0 Å². The third-order valence-electron chi connectivity index (χ3n) is 4.49. The van der Waals surface area contributed by atoms with Crippen molar-refractivity contribution in [2.75, 3.05) is 18.9 Å². The molecule has 2 rings (SSSR count). The second-order valence-electron chi connectivity index (χ2n) is 6.96. The van der Waals surface area contributed by atoms with Crippen LogP contribution in [0.25, 0.3) is 0 Å². The summed E-state index contributed by atoms with van der Waals surface area (Å²) in [5.74, 6) is -0.203. The summed E-state index contributed by atoms with van der Waals surface area (Å²) in [6.45, 7) is 9.10. The standard InChI is InChI=1S/C14H26N2O4S/c1-10(2)16-7-5-11(13(16)17)15-21(18,19)9-12-14(3,4)6-8-20-12/h10-12,15H,5-9H2,1-4H3. The number of nitrogens with zero attached hydrogens (tertiary/aromatic N) is 1. The van der Waals surface area contributed by atoms with Gasteiger partial charge in [0.2, 0.25) is 15.9 Å². The van der Waals surface area contributed by atoms with Crippen molar-refractivity contribution in [1.82, 2.24) is 9.62 Å². The third-order valence-corrected chi connectivity index (χ3v) is 5.88. The molecule has 1 N–H and O–H groups in total. The monoisotopic (exact) mass is 318 g/mol. The zero-order chi connectivity index (χ0) is 15.8. The molecule has 0 aromatic rings. The highest BCUT2D eigenvalue weighted by Crippen LogP contribution is 2.34. The van der Waals surface area contributed by atoms with E-state index in [0.717, 1.165) is 6.42 Å². The predicted octanol–water partition coefficient (Wildman–Crippen LogP) is 0.730. The van der Waals surface area contributed by atoms with Gasteiger partial charge in [0, 0.05) is 19.2 Å². The first-order valence-electron chi connectivity index (χ1n) is 7.54. The van der Waals surface area contributed by atoms with E-state index in [-0.39, 0.29) is 29.2 Å². The lowest BCUT2D eigenvalue weighted by Crippen LogP contribution is -2.46. The Balaban J connectivity index is 1.97. The second kappa shape index (κ2) is 5.85. The van der Waals surface area contributed by atoms with E-state index in [1.165, 1.54) is 0 Å². The van der Waals surface area contributed by atoms with E-state index in [2.05, 4.69) is 4.72 Å². The van der Waals surface area contributed by atoms with E-state index in [0.29, 0.717) is 19.6 Å². The van der Waals surface area contributed by atoms with E-state index in [1.807, 2.05) is 27.7 Å². The third kappa shape index (κ3) is 3.76. The fraction of sp³-hybridized carbons (Fsp3) is 0.929. The van der Waals surface area contributed by atoms with Crippen LogP contribution in [0.15, 0.2) is 0 Å².